The van der Waals surface area contributed by atoms with Crippen LogP contribution in [0.2, 0.25) is 10.0 Å². The van der Waals surface area contributed by atoms with Crippen LogP contribution < -0.4 is 5.32 Å². The van der Waals surface area contributed by atoms with Crippen molar-refractivity contribution in [2.75, 3.05) is 11.9 Å². The van der Waals surface area contributed by atoms with Crippen molar-refractivity contribution in [3.63, 3.8) is 0 Å². The number of anilines is 1. The number of thioether (sulfide) groups is 1. The number of nitrogens with one attached hydrogen (secondary N) is 1. The predicted molar refractivity (Wildman–Crippen MR) is 104 cm³/mol. The Morgan fingerprint density at radius 1 is 1.08 bits per heavy atom. The van der Waals surface area contributed by atoms with Gasteiger partial charge in [-0.1, -0.05) is 41.4 Å². The van der Waals surface area contributed by atoms with Crippen molar-refractivity contribution in [2.24, 2.45) is 0 Å². The van der Waals surface area contributed by atoms with Crippen molar-refractivity contribution in [1.82, 2.24) is 4.90 Å². The summed E-state index contributed by atoms with van der Waals surface area (Å²) in [7, 11) is 0. The van der Waals surface area contributed by atoms with Crippen molar-refractivity contribution in [3.8, 4) is 0 Å². The van der Waals surface area contributed by atoms with Gasteiger partial charge in [-0.05, 0) is 53.7 Å². The number of benzene rings is 2. The molecule has 8 heteroatoms. The molecule has 1 heterocycles. The number of imide groups is 1. The largest absolute Gasteiger partial charge is 0.324 e. The third-order valence-electron chi connectivity index (χ3n) is 3.45. The first-order chi connectivity index (χ1) is 12.4. The maximum absolute atomic E-state index is 12.4. The van der Waals surface area contributed by atoms with Crippen molar-refractivity contribution in [3.05, 3.63) is 69.0 Å². The second-order valence-electron chi connectivity index (χ2n) is 5.38. The van der Waals surface area contributed by atoms with Crippen LogP contribution in [0.15, 0.2) is 53.4 Å². The van der Waals surface area contributed by atoms with Gasteiger partial charge in [0.2, 0.25) is 5.91 Å². The Labute approximate surface area is 164 Å². The Morgan fingerprint density at radius 2 is 1.81 bits per heavy atom. The van der Waals surface area contributed by atoms with Gasteiger partial charge in [-0.2, -0.15) is 0 Å². The molecule has 1 fully saturated rings. The zero-order valence-corrected chi connectivity index (χ0v) is 15.6. The van der Waals surface area contributed by atoms with Crippen molar-refractivity contribution in [2.45, 2.75) is 0 Å². The van der Waals surface area contributed by atoms with Gasteiger partial charge in [0.15, 0.2) is 0 Å². The Kier molecular flexibility index (Phi) is 5.66. The molecule has 0 aromatic heterocycles. The van der Waals surface area contributed by atoms with Crippen LogP contribution in [-0.4, -0.2) is 28.5 Å². The number of halogens is 2. The van der Waals surface area contributed by atoms with Gasteiger partial charge < -0.3 is 5.32 Å². The highest BCUT2D eigenvalue weighted by Gasteiger charge is 2.36. The summed E-state index contributed by atoms with van der Waals surface area (Å²) in [4.78, 5) is 37.8. The van der Waals surface area contributed by atoms with Crippen LogP contribution in [-0.2, 0) is 9.59 Å². The van der Waals surface area contributed by atoms with Crippen LogP contribution in [0.4, 0.5) is 10.5 Å². The quantitative estimate of drug-likeness (QED) is 0.749. The van der Waals surface area contributed by atoms with Gasteiger partial charge in [0, 0.05) is 15.7 Å². The van der Waals surface area contributed by atoms with Crippen LogP contribution in [0.5, 0.6) is 0 Å². The average Bonchev–Trinajstić information content (AvgIpc) is 2.84. The van der Waals surface area contributed by atoms with E-state index in [1.165, 1.54) is 0 Å². The Bertz CT molecular complexity index is 913. The zero-order chi connectivity index (χ0) is 18.7. The molecule has 132 valence electrons. The topological polar surface area (TPSA) is 66.5 Å². The molecule has 1 saturated heterocycles. The minimum absolute atomic E-state index is 0.257. The highest BCUT2D eigenvalue weighted by Crippen LogP contribution is 2.32. The molecule has 0 bridgehead atoms. The highest BCUT2D eigenvalue weighted by atomic mass is 35.5. The van der Waals surface area contributed by atoms with Gasteiger partial charge in [-0.25, -0.2) is 0 Å². The fourth-order valence-corrected chi connectivity index (χ4v) is 3.41. The fraction of sp³-hybridized carbons (Fsp3) is 0.0556. The van der Waals surface area contributed by atoms with Crippen LogP contribution in [0.3, 0.4) is 0 Å². The van der Waals surface area contributed by atoms with Gasteiger partial charge in [0.05, 0.1) is 4.91 Å². The van der Waals surface area contributed by atoms with Gasteiger partial charge in [0.25, 0.3) is 11.1 Å². The number of hydrogen-bond donors (Lipinski definition) is 1. The van der Waals surface area contributed by atoms with Gasteiger partial charge in [0.1, 0.15) is 6.54 Å². The highest BCUT2D eigenvalue weighted by molar-refractivity contribution is 8.18. The van der Waals surface area contributed by atoms with E-state index in [1.807, 2.05) is 0 Å². The van der Waals surface area contributed by atoms with Crippen LogP contribution in [0.1, 0.15) is 5.56 Å². The molecule has 2 aromatic carbocycles. The van der Waals surface area contributed by atoms with Crippen LogP contribution in [0.25, 0.3) is 6.08 Å². The molecule has 3 amide bonds. The Morgan fingerprint density at radius 3 is 2.50 bits per heavy atom. The van der Waals surface area contributed by atoms with E-state index in [4.69, 9.17) is 23.2 Å². The second-order valence-corrected chi connectivity index (χ2v) is 7.24. The molecule has 3 rings (SSSR count). The SMILES string of the molecule is O=C(CN1C(=O)S/C(=C/c2ccc(Cl)cc2)C1=O)Nc1cccc(Cl)c1. The average molecular weight is 407 g/mol. The third kappa shape index (κ3) is 4.46. The number of carbonyl (C=O) groups excluding carboxylic acids is 3. The first kappa shape index (κ1) is 18.5. The molecule has 0 radical (unpaired) electrons. The normalized spacial score (nSPS) is 15.6. The fourth-order valence-electron chi connectivity index (χ4n) is 2.26. The van der Waals surface area contributed by atoms with Crippen LogP contribution >= 0.6 is 35.0 Å². The standard InChI is InChI=1S/C18H12Cl2N2O3S/c19-12-6-4-11(5-7-12)8-15-17(24)22(18(25)26-15)10-16(23)21-14-3-1-2-13(20)9-14/h1-9H,10H2,(H,21,23)/b15-8+. The lowest BCUT2D eigenvalue weighted by atomic mass is 10.2. The number of hydrogen-bond acceptors (Lipinski definition) is 4. The Hall–Kier alpha value is -2.28. The lowest BCUT2D eigenvalue weighted by Gasteiger charge is -2.12. The van der Waals surface area contributed by atoms with Crippen molar-refractivity contribution >= 4 is 63.8 Å². The minimum Gasteiger partial charge on any atom is -0.324 e. The van der Waals surface area contributed by atoms with Gasteiger partial charge in [-0.3, -0.25) is 19.3 Å². The zero-order valence-electron chi connectivity index (χ0n) is 13.2. The van der Waals surface area contributed by atoms with Gasteiger partial charge >= 0.3 is 0 Å². The van der Waals surface area contributed by atoms with E-state index in [0.717, 1.165) is 22.2 Å². The van der Waals surface area contributed by atoms with E-state index < -0.39 is 17.1 Å². The molecular weight excluding hydrogens is 395 g/mol. The van der Waals surface area contributed by atoms with Crippen molar-refractivity contribution in [1.29, 1.82) is 0 Å². The monoisotopic (exact) mass is 406 g/mol. The molecule has 0 spiro atoms. The van der Waals surface area contributed by atoms with E-state index in [9.17, 15) is 14.4 Å². The molecule has 0 aliphatic carbocycles. The summed E-state index contributed by atoms with van der Waals surface area (Å²) >= 11 is 12.5. The molecule has 2 aromatic rings. The van der Waals surface area contributed by atoms with E-state index >= 15 is 0 Å². The molecule has 1 aliphatic rings. The summed E-state index contributed by atoms with van der Waals surface area (Å²) in [5, 5.41) is 3.17. The molecular formula is C18H12Cl2N2O3S. The molecule has 1 aliphatic heterocycles. The number of amides is 3. The third-order valence-corrected chi connectivity index (χ3v) is 4.85. The lowest BCUT2D eigenvalue weighted by molar-refractivity contribution is -0.127. The number of carbonyl (C=O) groups is 3. The summed E-state index contributed by atoms with van der Waals surface area (Å²) in [6.45, 7) is -0.366. The van der Waals surface area contributed by atoms with Crippen LogP contribution in [0, 0.1) is 0 Å². The smallest absolute Gasteiger partial charge is 0.294 e. The molecule has 0 atom stereocenters. The summed E-state index contributed by atoms with van der Waals surface area (Å²) in [6, 6.07) is 13.5. The molecule has 26 heavy (non-hydrogen) atoms. The summed E-state index contributed by atoms with van der Waals surface area (Å²) in [6.07, 6.45) is 1.59. The predicted octanol–water partition coefficient (Wildman–Crippen LogP) is 4.67. The first-order valence-corrected chi connectivity index (χ1v) is 9.06. The first-order valence-electron chi connectivity index (χ1n) is 7.49. The molecule has 0 unspecified atom stereocenters. The molecule has 1 N–H and O–H groups in total. The van der Waals surface area contributed by atoms with Gasteiger partial charge in [-0.15, -0.1) is 0 Å². The summed E-state index contributed by atoms with van der Waals surface area (Å²) in [5.41, 5.74) is 1.23. The summed E-state index contributed by atoms with van der Waals surface area (Å²) in [5.74, 6) is -0.987. The minimum atomic E-state index is -0.504. The summed E-state index contributed by atoms with van der Waals surface area (Å²) < 4.78 is 0. The van der Waals surface area contributed by atoms with E-state index in [-0.39, 0.29) is 11.4 Å². The Balaban J connectivity index is 1.69. The van der Waals surface area contributed by atoms with E-state index in [2.05, 4.69) is 5.32 Å². The number of rotatable bonds is 4. The lowest BCUT2D eigenvalue weighted by Crippen LogP contribution is -2.36. The van der Waals surface area contributed by atoms with E-state index in [0.29, 0.717) is 15.7 Å². The maximum Gasteiger partial charge on any atom is 0.294 e. The molecule has 0 saturated carbocycles. The van der Waals surface area contributed by atoms with E-state index in [1.54, 1.807) is 54.6 Å². The molecule has 5 nitrogen and oxygen atoms in total. The van der Waals surface area contributed by atoms with Crippen molar-refractivity contribution < 1.29 is 14.4 Å². The maximum atomic E-state index is 12.4. The second kappa shape index (κ2) is 7.95. The number of nitrogens with zero attached hydrogens (tertiary/aromatic N) is 1.